The molecule has 0 aliphatic heterocycles. The van der Waals surface area contributed by atoms with Crippen LogP contribution in [-0.4, -0.2) is 27.1 Å². The van der Waals surface area contributed by atoms with E-state index >= 15 is 0 Å². The summed E-state index contributed by atoms with van der Waals surface area (Å²) < 4.78 is 14.2. The molecule has 0 bridgehead atoms. The normalized spacial score (nSPS) is 11.3. The first kappa shape index (κ1) is 15.8. The molecule has 2 aromatic heterocycles. The van der Waals surface area contributed by atoms with Crippen LogP contribution in [0.2, 0.25) is 0 Å². The first-order valence-corrected chi connectivity index (χ1v) is 7.92. The van der Waals surface area contributed by atoms with Crippen LogP contribution in [0.5, 0.6) is 0 Å². The quantitative estimate of drug-likeness (QED) is 0.390. The van der Waals surface area contributed by atoms with E-state index in [1.54, 1.807) is 18.3 Å². The molecule has 0 aliphatic carbocycles. The molecule has 26 heavy (non-hydrogen) atoms. The molecule has 7 heteroatoms. The van der Waals surface area contributed by atoms with Gasteiger partial charge in [0.15, 0.2) is 0 Å². The number of benzene rings is 2. The molecule has 0 spiro atoms. The fraction of sp³-hybridized carbons (Fsp3) is 0. The van der Waals surface area contributed by atoms with E-state index < -0.39 is 11.7 Å². The van der Waals surface area contributed by atoms with Crippen molar-refractivity contribution in [1.29, 1.82) is 0 Å². The minimum atomic E-state index is -0.466. The molecular weight excluding hydrogens is 333 g/mol. The summed E-state index contributed by atoms with van der Waals surface area (Å²) in [6, 6.07) is 14.1. The Morgan fingerprint density at radius 1 is 1.15 bits per heavy atom. The largest absolute Gasteiger partial charge is 0.351 e. The number of nitrogens with zero attached hydrogens (tertiary/aromatic N) is 2. The number of fused-ring (bicyclic) bond motifs is 1. The fourth-order valence-corrected chi connectivity index (χ4v) is 2.81. The van der Waals surface area contributed by atoms with Crippen LogP contribution in [0.1, 0.15) is 16.2 Å². The lowest BCUT2D eigenvalue weighted by atomic mass is 10.0. The summed E-state index contributed by atoms with van der Waals surface area (Å²) in [5, 5.41) is 4.53. The highest BCUT2D eigenvalue weighted by molar-refractivity contribution is 6.09. The number of carbonyl (C=O) groups is 1. The van der Waals surface area contributed by atoms with E-state index in [1.807, 2.05) is 30.3 Å². The number of hydrogen-bond acceptors (Lipinski definition) is 3. The topological polar surface area (TPSA) is 85.9 Å². The van der Waals surface area contributed by atoms with Crippen LogP contribution < -0.4 is 5.43 Å². The van der Waals surface area contributed by atoms with Gasteiger partial charge in [-0.1, -0.05) is 42.5 Å². The molecule has 3 N–H and O–H groups in total. The van der Waals surface area contributed by atoms with Gasteiger partial charge in [-0.15, -0.1) is 0 Å². The van der Waals surface area contributed by atoms with E-state index in [1.165, 1.54) is 18.6 Å². The fourth-order valence-electron chi connectivity index (χ4n) is 2.81. The average molecular weight is 347 g/mol. The number of imidazole rings is 1. The first-order chi connectivity index (χ1) is 12.7. The predicted molar refractivity (Wildman–Crippen MR) is 97.3 cm³/mol. The van der Waals surface area contributed by atoms with E-state index in [0.29, 0.717) is 16.6 Å². The number of hydrogen-bond donors (Lipinski definition) is 3. The Bertz CT molecular complexity index is 1080. The number of H-pyrrole nitrogens is 2. The van der Waals surface area contributed by atoms with E-state index in [0.717, 1.165) is 5.56 Å². The van der Waals surface area contributed by atoms with Crippen LogP contribution in [0.15, 0.2) is 66.2 Å². The summed E-state index contributed by atoms with van der Waals surface area (Å²) in [5.41, 5.74) is 5.00. The number of carbonyl (C=O) groups excluding carboxylic acids is 1. The Balaban J connectivity index is 1.76. The van der Waals surface area contributed by atoms with Crippen molar-refractivity contribution in [2.45, 2.75) is 0 Å². The number of aromatic amines is 2. The molecule has 0 radical (unpaired) electrons. The summed E-state index contributed by atoms with van der Waals surface area (Å²) >= 11 is 0. The Morgan fingerprint density at radius 3 is 2.77 bits per heavy atom. The van der Waals surface area contributed by atoms with Gasteiger partial charge in [0.2, 0.25) is 0 Å². The maximum absolute atomic E-state index is 14.2. The minimum Gasteiger partial charge on any atom is -0.351 e. The lowest BCUT2D eigenvalue weighted by Gasteiger charge is -2.04. The number of nitrogens with one attached hydrogen (secondary N) is 3. The van der Waals surface area contributed by atoms with Gasteiger partial charge in [-0.3, -0.25) is 4.79 Å². The molecule has 0 unspecified atom stereocenters. The lowest BCUT2D eigenvalue weighted by molar-refractivity contribution is 0.0951. The van der Waals surface area contributed by atoms with Crippen LogP contribution >= 0.6 is 0 Å². The lowest BCUT2D eigenvalue weighted by Crippen LogP contribution is -2.18. The smallest absolute Gasteiger partial charge is 0.288 e. The number of rotatable bonds is 4. The van der Waals surface area contributed by atoms with Crippen molar-refractivity contribution >= 4 is 23.0 Å². The number of para-hydroxylation sites is 1. The third kappa shape index (κ3) is 2.86. The molecule has 0 aliphatic rings. The van der Waals surface area contributed by atoms with E-state index in [-0.39, 0.29) is 11.2 Å². The Labute approximate surface area is 147 Å². The maximum Gasteiger partial charge on any atom is 0.288 e. The highest BCUT2D eigenvalue weighted by atomic mass is 19.1. The molecule has 1 amide bonds. The van der Waals surface area contributed by atoms with Crippen LogP contribution in [0.4, 0.5) is 4.39 Å². The predicted octanol–water partition coefficient (Wildman–Crippen LogP) is 3.46. The van der Waals surface area contributed by atoms with Gasteiger partial charge in [-0.2, -0.15) is 5.10 Å². The van der Waals surface area contributed by atoms with Crippen molar-refractivity contribution in [2.75, 3.05) is 0 Å². The molecule has 128 valence electrons. The van der Waals surface area contributed by atoms with Crippen molar-refractivity contribution < 1.29 is 9.18 Å². The summed E-state index contributed by atoms with van der Waals surface area (Å²) in [6.07, 6.45) is 4.57. The van der Waals surface area contributed by atoms with Gasteiger partial charge >= 0.3 is 0 Å². The Morgan fingerprint density at radius 2 is 2.00 bits per heavy atom. The molecule has 2 aromatic carbocycles. The number of amides is 1. The molecule has 4 rings (SSSR count). The minimum absolute atomic E-state index is 0.246. The monoisotopic (exact) mass is 347 g/mol. The van der Waals surface area contributed by atoms with Crippen LogP contribution in [-0.2, 0) is 0 Å². The summed E-state index contributed by atoms with van der Waals surface area (Å²) in [4.78, 5) is 22.3. The Kier molecular flexibility index (Phi) is 4.03. The average Bonchev–Trinajstić information content (AvgIpc) is 3.30. The second-order valence-electron chi connectivity index (χ2n) is 5.60. The second-order valence-corrected chi connectivity index (χ2v) is 5.60. The molecule has 4 aromatic rings. The van der Waals surface area contributed by atoms with Crippen molar-refractivity contribution in [2.24, 2.45) is 5.10 Å². The summed E-state index contributed by atoms with van der Waals surface area (Å²) in [6.45, 7) is 0. The summed E-state index contributed by atoms with van der Waals surface area (Å²) in [5.74, 6) is -0.884. The number of halogens is 1. The van der Waals surface area contributed by atoms with Crippen LogP contribution in [0, 0.1) is 5.82 Å². The van der Waals surface area contributed by atoms with Gasteiger partial charge in [0.25, 0.3) is 5.91 Å². The van der Waals surface area contributed by atoms with E-state index in [4.69, 9.17) is 0 Å². The van der Waals surface area contributed by atoms with E-state index in [9.17, 15) is 9.18 Å². The number of aromatic nitrogens is 3. The van der Waals surface area contributed by atoms with Crippen molar-refractivity contribution in [1.82, 2.24) is 20.4 Å². The zero-order valence-corrected chi connectivity index (χ0v) is 13.5. The first-order valence-electron chi connectivity index (χ1n) is 7.92. The van der Waals surface area contributed by atoms with Gasteiger partial charge in [-0.25, -0.2) is 14.8 Å². The van der Waals surface area contributed by atoms with Crippen molar-refractivity contribution in [3.8, 4) is 11.1 Å². The van der Waals surface area contributed by atoms with Gasteiger partial charge in [0.1, 0.15) is 17.2 Å². The summed E-state index contributed by atoms with van der Waals surface area (Å²) in [7, 11) is 0. The standard InChI is InChI=1S/C19H14FN5O/c20-15-8-4-7-14-16(12-5-2-1-3-6-12)18(24-17(14)15)19(26)25-23-10-13-9-21-11-22-13/h1-11,24H,(H,21,22)(H,25,26). The SMILES string of the molecule is O=C(NN=Cc1c[nH]cn1)c1[nH]c2c(F)cccc2c1-c1ccccc1. The highest BCUT2D eigenvalue weighted by Gasteiger charge is 2.20. The van der Waals surface area contributed by atoms with Crippen LogP contribution in [0.3, 0.4) is 0 Å². The molecule has 2 heterocycles. The molecule has 0 fully saturated rings. The molecular formula is C19H14FN5O. The van der Waals surface area contributed by atoms with Gasteiger partial charge in [0.05, 0.1) is 18.1 Å². The van der Waals surface area contributed by atoms with Gasteiger partial charge in [-0.05, 0) is 11.6 Å². The maximum atomic E-state index is 14.2. The van der Waals surface area contributed by atoms with E-state index in [2.05, 4.69) is 25.5 Å². The third-order valence-electron chi connectivity index (χ3n) is 3.95. The van der Waals surface area contributed by atoms with Crippen molar-refractivity contribution in [3.63, 3.8) is 0 Å². The zero-order chi connectivity index (χ0) is 17.9. The second kappa shape index (κ2) is 6.64. The molecule has 0 saturated carbocycles. The molecule has 0 saturated heterocycles. The number of hydrazone groups is 1. The Hall–Kier alpha value is -3.74. The zero-order valence-electron chi connectivity index (χ0n) is 13.5. The molecule has 0 atom stereocenters. The van der Waals surface area contributed by atoms with Gasteiger partial charge in [0, 0.05) is 17.1 Å². The molecule has 6 nitrogen and oxygen atoms in total. The van der Waals surface area contributed by atoms with Gasteiger partial charge < -0.3 is 9.97 Å². The van der Waals surface area contributed by atoms with Crippen LogP contribution in [0.25, 0.3) is 22.0 Å². The van der Waals surface area contributed by atoms with Crippen molar-refractivity contribution in [3.05, 3.63) is 78.3 Å². The third-order valence-corrected chi connectivity index (χ3v) is 3.95. The highest BCUT2D eigenvalue weighted by Crippen LogP contribution is 2.33.